The van der Waals surface area contributed by atoms with Crippen molar-refractivity contribution in [3.8, 4) is 0 Å². The van der Waals surface area contributed by atoms with Gasteiger partial charge in [-0.25, -0.2) is 14.8 Å². The molecule has 0 fully saturated rings. The summed E-state index contributed by atoms with van der Waals surface area (Å²) in [6, 6.07) is 6.77. The molecule has 0 saturated heterocycles. The van der Waals surface area contributed by atoms with Crippen molar-refractivity contribution in [3.63, 3.8) is 0 Å². The van der Waals surface area contributed by atoms with Crippen LogP contribution in [0.25, 0.3) is 0 Å². The zero-order valence-corrected chi connectivity index (χ0v) is 9.00. The van der Waals surface area contributed by atoms with Crippen LogP contribution in [0.1, 0.15) is 15.9 Å². The Hall–Kier alpha value is -2.43. The maximum atomic E-state index is 11.0. The van der Waals surface area contributed by atoms with Gasteiger partial charge < -0.3 is 10.4 Å². The Kier molecular flexibility index (Phi) is 3.30. The van der Waals surface area contributed by atoms with E-state index in [0.29, 0.717) is 12.2 Å². The number of para-hydroxylation sites is 1. The smallest absolute Gasteiger partial charge is 0.337 e. The van der Waals surface area contributed by atoms with Gasteiger partial charge in [0.05, 0.1) is 5.56 Å². The van der Waals surface area contributed by atoms with Gasteiger partial charge >= 0.3 is 5.97 Å². The van der Waals surface area contributed by atoms with Gasteiger partial charge in [-0.15, -0.1) is 0 Å². The number of nitrogens with one attached hydrogen (secondary N) is 1. The fraction of sp³-hybridized carbons (Fsp3) is 0.0833. The molecular weight excluding hydrogens is 218 g/mol. The normalized spacial score (nSPS) is 9.88. The van der Waals surface area contributed by atoms with Crippen LogP contribution in [-0.2, 0) is 6.54 Å². The number of benzene rings is 1. The number of aromatic nitrogens is 2. The van der Waals surface area contributed by atoms with E-state index < -0.39 is 5.97 Å². The lowest BCUT2D eigenvalue weighted by molar-refractivity contribution is 0.0698. The molecule has 0 spiro atoms. The molecule has 0 aliphatic heterocycles. The lowest BCUT2D eigenvalue weighted by Gasteiger charge is -2.08. The molecule has 5 heteroatoms. The minimum Gasteiger partial charge on any atom is -0.478 e. The molecule has 86 valence electrons. The van der Waals surface area contributed by atoms with Crippen molar-refractivity contribution in [2.75, 3.05) is 5.32 Å². The quantitative estimate of drug-likeness (QED) is 0.835. The van der Waals surface area contributed by atoms with E-state index in [1.54, 1.807) is 36.7 Å². The van der Waals surface area contributed by atoms with Crippen molar-refractivity contribution in [2.45, 2.75) is 6.54 Å². The highest BCUT2D eigenvalue weighted by atomic mass is 16.4. The Morgan fingerprint density at radius 2 is 1.94 bits per heavy atom. The summed E-state index contributed by atoms with van der Waals surface area (Å²) in [4.78, 5) is 18.7. The summed E-state index contributed by atoms with van der Waals surface area (Å²) in [6.45, 7) is 0.491. The highest BCUT2D eigenvalue weighted by Gasteiger charge is 2.08. The van der Waals surface area contributed by atoms with Gasteiger partial charge in [0.15, 0.2) is 0 Å². The predicted octanol–water partition coefficient (Wildman–Crippen LogP) is 1.79. The van der Waals surface area contributed by atoms with Crippen LogP contribution < -0.4 is 5.32 Å². The molecule has 2 aromatic rings. The molecule has 17 heavy (non-hydrogen) atoms. The first-order chi connectivity index (χ1) is 8.27. The van der Waals surface area contributed by atoms with Crippen LogP contribution in [0.4, 0.5) is 5.69 Å². The Labute approximate surface area is 98.2 Å². The molecule has 0 saturated carbocycles. The summed E-state index contributed by atoms with van der Waals surface area (Å²) in [5.74, 6) is -0.947. The Morgan fingerprint density at radius 3 is 2.65 bits per heavy atom. The number of aromatic carboxylic acids is 1. The van der Waals surface area contributed by atoms with Crippen molar-refractivity contribution in [1.29, 1.82) is 0 Å². The van der Waals surface area contributed by atoms with Crippen LogP contribution >= 0.6 is 0 Å². The Morgan fingerprint density at radius 1 is 1.24 bits per heavy atom. The average Bonchev–Trinajstić information content (AvgIpc) is 2.38. The minimum atomic E-state index is -0.947. The average molecular weight is 229 g/mol. The third kappa shape index (κ3) is 2.78. The Balaban J connectivity index is 2.12. The number of nitrogens with zero attached hydrogens (tertiary/aromatic N) is 2. The Bertz CT molecular complexity index is 514. The van der Waals surface area contributed by atoms with Gasteiger partial charge in [0.25, 0.3) is 0 Å². The van der Waals surface area contributed by atoms with E-state index in [9.17, 15) is 4.79 Å². The molecule has 0 aliphatic rings. The van der Waals surface area contributed by atoms with Gasteiger partial charge in [-0.3, -0.25) is 0 Å². The van der Waals surface area contributed by atoms with Gasteiger partial charge in [0, 0.05) is 30.2 Å². The number of carboxylic acid groups (broad SMARTS) is 1. The first-order valence-electron chi connectivity index (χ1n) is 5.07. The third-order valence-electron chi connectivity index (χ3n) is 2.25. The van der Waals surface area contributed by atoms with E-state index in [2.05, 4.69) is 15.3 Å². The van der Waals surface area contributed by atoms with Gasteiger partial charge in [-0.2, -0.15) is 0 Å². The number of hydrogen-bond acceptors (Lipinski definition) is 4. The van der Waals surface area contributed by atoms with Crippen molar-refractivity contribution >= 4 is 11.7 Å². The summed E-state index contributed by atoms with van der Waals surface area (Å²) in [7, 11) is 0. The fourth-order valence-electron chi connectivity index (χ4n) is 1.44. The van der Waals surface area contributed by atoms with Crippen molar-refractivity contribution in [1.82, 2.24) is 9.97 Å². The molecule has 1 aromatic carbocycles. The summed E-state index contributed by atoms with van der Waals surface area (Å²) in [6.07, 6.45) is 4.82. The molecule has 1 aromatic heterocycles. The van der Waals surface area contributed by atoms with E-state index in [1.807, 2.05) is 0 Å². The molecule has 1 heterocycles. The number of anilines is 1. The lowest BCUT2D eigenvalue weighted by Crippen LogP contribution is -2.06. The zero-order valence-electron chi connectivity index (χ0n) is 9.00. The zero-order chi connectivity index (χ0) is 12.1. The van der Waals surface area contributed by atoms with E-state index in [0.717, 1.165) is 5.56 Å². The SMILES string of the molecule is O=C(O)c1ccccc1NCc1cncnc1. The van der Waals surface area contributed by atoms with Crippen LogP contribution in [0.2, 0.25) is 0 Å². The van der Waals surface area contributed by atoms with E-state index >= 15 is 0 Å². The molecule has 5 nitrogen and oxygen atoms in total. The third-order valence-corrected chi connectivity index (χ3v) is 2.25. The van der Waals surface area contributed by atoms with Crippen LogP contribution in [-0.4, -0.2) is 21.0 Å². The van der Waals surface area contributed by atoms with Gasteiger partial charge in [-0.05, 0) is 12.1 Å². The van der Waals surface area contributed by atoms with E-state index in [4.69, 9.17) is 5.11 Å². The standard InChI is InChI=1S/C12H11N3O2/c16-12(17)10-3-1-2-4-11(10)15-7-9-5-13-8-14-6-9/h1-6,8,15H,7H2,(H,16,17). The molecule has 0 amide bonds. The second-order valence-electron chi connectivity index (χ2n) is 3.45. The molecule has 2 N–H and O–H groups in total. The van der Waals surface area contributed by atoms with E-state index in [1.165, 1.54) is 6.33 Å². The number of carboxylic acids is 1. The predicted molar refractivity (Wildman–Crippen MR) is 62.8 cm³/mol. The summed E-state index contributed by atoms with van der Waals surface area (Å²) in [5, 5.41) is 12.0. The van der Waals surface area contributed by atoms with Crippen molar-refractivity contribution in [3.05, 3.63) is 54.1 Å². The van der Waals surface area contributed by atoms with Gasteiger partial charge in [0.1, 0.15) is 6.33 Å². The highest BCUT2D eigenvalue weighted by molar-refractivity contribution is 5.94. The van der Waals surface area contributed by atoms with Crippen LogP contribution in [0.3, 0.4) is 0 Å². The summed E-state index contributed by atoms with van der Waals surface area (Å²) < 4.78 is 0. The molecule has 0 bridgehead atoms. The monoisotopic (exact) mass is 229 g/mol. The first kappa shape index (κ1) is 11.1. The molecular formula is C12H11N3O2. The number of carbonyl (C=O) groups is 1. The topological polar surface area (TPSA) is 75.1 Å². The van der Waals surface area contributed by atoms with Crippen molar-refractivity contribution < 1.29 is 9.90 Å². The maximum Gasteiger partial charge on any atom is 0.337 e. The van der Waals surface area contributed by atoms with Crippen LogP contribution in [0, 0.1) is 0 Å². The molecule has 0 atom stereocenters. The highest BCUT2D eigenvalue weighted by Crippen LogP contribution is 2.15. The molecule has 0 radical (unpaired) electrons. The maximum absolute atomic E-state index is 11.0. The fourth-order valence-corrected chi connectivity index (χ4v) is 1.44. The number of hydrogen-bond donors (Lipinski definition) is 2. The lowest BCUT2D eigenvalue weighted by atomic mass is 10.1. The first-order valence-corrected chi connectivity index (χ1v) is 5.07. The molecule has 0 aliphatic carbocycles. The summed E-state index contributed by atoms with van der Waals surface area (Å²) >= 11 is 0. The largest absolute Gasteiger partial charge is 0.478 e. The minimum absolute atomic E-state index is 0.254. The molecule has 0 unspecified atom stereocenters. The van der Waals surface area contributed by atoms with Crippen LogP contribution in [0.15, 0.2) is 43.0 Å². The summed E-state index contributed by atoms with van der Waals surface area (Å²) in [5.41, 5.74) is 1.74. The molecule has 2 rings (SSSR count). The van der Waals surface area contributed by atoms with Gasteiger partial charge in [-0.1, -0.05) is 12.1 Å². The second kappa shape index (κ2) is 5.07. The number of rotatable bonds is 4. The van der Waals surface area contributed by atoms with Crippen LogP contribution in [0.5, 0.6) is 0 Å². The second-order valence-corrected chi connectivity index (χ2v) is 3.45. The van der Waals surface area contributed by atoms with Gasteiger partial charge in [0.2, 0.25) is 0 Å². The van der Waals surface area contributed by atoms with E-state index in [-0.39, 0.29) is 5.56 Å². The van der Waals surface area contributed by atoms with Crippen molar-refractivity contribution in [2.24, 2.45) is 0 Å².